The summed E-state index contributed by atoms with van der Waals surface area (Å²) in [7, 11) is 1.53. The van der Waals surface area contributed by atoms with Gasteiger partial charge in [0.2, 0.25) is 0 Å². The van der Waals surface area contributed by atoms with Gasteiger partial charge in [-0.3, -0.25) is 0 Å². The lowest BCUT2D eigenvalue weighted by Crippen LogP contribution is -2.14. The average Bonchev–Trinajstić information content (AvgIpc) is 2.36. The van der Waals surface area contributed by atoms with Crippen LogP contribution in [-0.2, 0) is 0 Å². The van der Waals surface area contributed by atoms with Crippen molar-refractivity contribution in [2.75, 3.05) is 19.0 Å². The maximum Gasteiger partial charge on any atom is 0.389 e. The standard InChI is InChI=1S/C13H17F3N2OS/c1-19-9-4-5-10(12(17)20)11(8-9)18-7-3-2-6-13(14,15)16/h4-5,8,18H,2-3,6-7H2,1H3,(H2,17,20). The Labute approximate surface area is 121 Å². The molecular formula is C13H17F3N2OS. The fourth-order valence-corrected chi connectivity index (χ4v) is 1.86. The highest BCUT2D eigenvalue weighted by atomic mass is 32.1. The van der Waals surface area contributed by atoms with Gasteiger partial charge in [-0.05, 0) is 25.0 Å². The molecule has 1 aromatic rings. The van der Waals surface area contributed by atoms with Gasteiger partial charge in [-0.2, -0.15) is 13.2 Å². The van der Waals surface area contributed by atoms with E-state index in [1.165, 1.54) is 7.11 Å². The molecule has 20 heavy (non-hydrogen) atoms. The second-order valence-electron chi connectivity index (χ2n) is 4.27. The highest BCUT2D eigenvalue weighted by Crippen LogP contribution is 2.24. The van der Waals surface area contributed by atoms with Gasteiger partial charge in [-0.25, -0.2) is 0 Å². The minimum Gasteiger partial charge on any atom is -0.497 e. The van der Waals surface area contributed by atoms with Crippen LogP contribution in [0.4, 0.5) is 18.9 Å². The molecule has 7 heteroatoms. The summed E-state index contributed by atoms with van der Waals surface area (Å²) in [4.78, 5) is 0.227. The van der Waals surface area contributed by atoms with E-state index in [1.807, 2.05) is 0 Å². The summed E-state index contributed by atoms with van der Waals surface area (Å²) in [6.07, 6.45) is -4.37. The van der Waals surface area contributed by atoms with Crippen molar-refractivity contribution in [1.82, 2.24) is 0 Å². The van der Waals surface area contributed by atoms with Crippen molar-refractivity contribution in [3.8, 4) is 5.75 Å². The third-order valence-corrected chi connectivity index (χ3v) is 2.91. The van der Waals surface area contributed by atoms with Gasteiger partial charge in [-0.15, -0.1) is 0 Å². The number of rotatable bonds is 7. The van der Waals surface area contributed by atoms with E-state index in [0.717, 1.165) is 0 Å². The molecule has 1 rings (SSSR count). The van der Waals surface area contributed by atoms with E-state index < -0.39 is 12.6 Å². The molecule has 0 unspecified atom stereocenters. The monoisotopic (exact) mass is 306 g/mol. The van der Waals surface area contributed by atoms with Crippen molar-refractivity contribution in [3.63, 3.8) is 0 Å². The van der Waals surface area contributed by atoms with E-state index in [4.69, 9.17) is 22.7 Å². The van der Waals surface area contributed by atoms with Crippen molar-refractivity contribution >= 4 is 22.9 Å². The van der Waals surface area contributed by atoms with Crippen LogP contribution < -0.4 is 15.8 Å². The number of ether oxygens (including phenoxy) is 1. The molecule has 0 saturated carbocycles. The Hall–Kier alpha value is -1.50. The smallest absolute Gasteiger partial charge is 0.389 e. The number of hydrogen-bond donors (Lipinski definition) is 2. The highest BCUT2D eigenvalue weighted by molar-refractivity contribution is 7.80. The molecule has 0 aliphatic heterocycles. The first-order valence-corrected chi connectivity index (χ1v) is 6.53. The number of thiocarbonyl (C=S) groups is 1. The molecule has 0 radical (unpaired) electrons. The number of hydrogen-bond acceptors (Lipinski definition) is 3. The van der Waals surface area contributed by atoms with Crippen molar-refractivity contribution in [1.29, 1.82) is 0 Å². The van der Waals surface area contributed by atoms with E-state index in [2.05, 4.69) is 5.32 Å². The first-order valence-electron chi connectivity index (χ1n) is 6.12. The number of methoxy groups -OCH3 is 1. The van der Waals surface area contributed by atoms with Crippen LogP contribution in [0, 0.1) is 0 Å². The summed E-state index contributed by atoms with van der Waals surface area (Å²) in [6, 6.07) is 5.17. The van der Waals surface area contributed by atoms with Gasteiger partial charge in [-0.1, -0.05) is 12.2 Å². The van der Waals surface area contributed by atoms with Crippen LogP contribution in [0.2, 0.25) is 0 Å². The fraction of sp³-hybridized carbons (Fsp3) is 0.462. The number of unbranched alkanes of at least 4 members (excludes halogenated alkanes) is 1. The molecule has 0 aromatic heterocycles. The summed E-state index contributed by atoms with van der Waals surface area (Å²) in [6.45, 7) is 0.416. The Kier molecular flexibility index (Phi) is 6.06. The Balaban J connectivity index is 2.55. The maximum atomic E-state index is 12.0. The lowest BCUT2D eigenvalue weighted by Gasteiger charge is -2.13. The molecular weight excluding hydrogens is 289 g/mol. The number of alkyl halides is 3. The van der Waals surface area contributed by atoms with E-state index in [9.17, 15) is 13.2 Å². The molecule has 3 nitrogen and oxygen atoms in total. The minimum absolute atomic E-state index is 0.0862. The van der Waals surface area contributed by atoms with Gasteiger partial charge >= 0.3 is 6.18 Å². The fourth-order valence-electron chi connectivity index (χ4n) is 1.68. The molecule has 0 fully saturated rings. The zero-order valence-electron chi connectivity index (χ0n) is 11.1. The van der Waals surface area contributed by atoms with Gasteiger partial charge in [0.15, 0.2) is 0 Å². The first-order chi connectivity index (χ1) is 9.33. The van der Waals surface area contributed by atoms with E-state index >= 15 is 0 Å². The van der Waals surface area contributed by atoms with Crippen LogP contribution in [0.15, 0.2) is 18.2 Å². The van der Waals surface area contributed by atoms with Crippen LogP contribution in [0.25, 0.3) is 0 Å². The Morgan fingerprint density at radius 2 is 2.05 bits per heavy atom. The number of halogens is 3. The largest absolute Gasteiger partial charge is 0.497 e. The quantitative estimate of drug-likeness (QED) is 0.598. The van der Waals surface area contributed by atoms with Gasteiger partial charge in [0.25, 0.3) is 0 Å². The topological polar surface area (TPSA) is 47.3 Å². The van der Waals surface area contributed by atoms with Gasteiger partial charge in [0, 0.05) is 30.3 Å². The lowest BCUT2D eigenvalue weighted by atomic mass is 10.1. The summed E-state index contributed by atoms with van der Waals surface area (Å²) >= 11 is 4.93. The molecule has 0 amide bonds. The third kappa shape index (κ3) is 5.64. The van der Waals surface area contributed by atoms with Crippen molar-refractivity contribution in [2.24, 2.45) is 5.73 Å². The van der Waals surface area contributed by atoms with Gasteiger partial charge in [0.1, 0.15) is 10.7 Å². The van der Waals surface area contributed by atoms with Crippen LogP contribution in [0.5, 0.6) is 5.75 Å². The number of benzene rings is 1. The molecule has 3 N–H and O–H groups in total. The van der Waals surface area contributed by atoms with E-state index in [0.29, 0.717) is 30.0 Å². The number of anilines is 1. The lowest BCUT2D eigenvalue weighted by molar-refractivity contribution is -0.135. The van der Waals surface area contributed by atoms with Crippen LogP contribution >= 0.6 is 12.2 Å². The Morgan fingerprint density at radius 1 is 1.35 bits per heavy atom. The Morgan fingerprint density at radius 3 is 2.60 bits per heavy atom. The zero-order valence-corrected chi connectivity index (χ0v) is 11.9. The summed E-state index contributed by atoms with van der Waals surface area (Å²) in [5.74, 6) is 0.628. The average molecular weight is 306 g/mol. The van der Waals surface area contributed by atoms with Crippen LogP contribution in [0.3, 0.4) is 0 Å². The van der Waals surface area contributed by atoms with Crippen molar-refractivity contribution in [3.05, 3.63) is 23.8 Å². The van der Waals surface area contributed by atoms with Crippen LogP contribution in [0.1, 0.15) is 24.8 Å². The summed E-state index contributed by atoms with van der Waals surface area (Å²) < 4.78 is 41.1. The van der Waals surface area contributed by atoms with Gasteiger partial charge < -0.3 is 15.8 Å². The van der Waals surface area contributed by atoms with Crippen LogP contribution in [-0.4, -0.2) is 24.8 Å². The van der Waals surface area contributed by atoms with Crippen molar-refractivity contribution in [2.45, 2.75) is 25.4 Å². The second-order valence-corrected chi connectivity index (χ2v) is 4.71. The molecule has 0 spiro atoms. The number of nitrogens with one attached hydrogen (secondary N) is 1. The van der Waals surface area contributed by atoms with Crippen molar-refractivity contribution < 1.29 is 17.9 Å². The molecule has 0 bridgehead atoms. The predicted octanol–water partition coefficient (Wildman–Crippen LogP) is 3.47. The minimum atomic E-state index is -4.10. The van der Waals surface area contributed by atoms with Gasteiger partial charge in [0.05, 0.1) is 7.11 Å². The molecule has 0 aliphatic carbocycles. The predicted molar refractivity (Wildman–Crippen MR) is 77.3 cm³/mol. The summed E-state index contributed by atoms with van der Waals surface area (Å²) in [5, 5.41) is 3.04. The molecule has 112 valence electrons. The molecule has 0 saturated heterocycles. The molecule has 1 aromatic carbocycles. The zero-order chi connectivity index (χ0) is 15.2. The first kappa shape index (κ1) is 16.6. The van der Waals surface area contributed by atoms with E-state index in [-0.39, 0.29) is 11.4 Å². The summed E-state index contributed by atoms with van der Waals surface area (Å²) in [5.41, 5.74) is 6.92. The molecule has 0 atom stereocenters. The molecule has 0 aliphatic rings. The highest BCUT2D eigenvalue weighted by Gasteiger charge is 2.25. The Bertz CT molecular complexity index is 463. The molecule has 0 heterocycles. The number of nitrogens with two attached hydrogens (primary N) is 1. The third-order valence-electron chi connectivity index (χ3n) is 2.69. The SMILES string of the molecule is COc1ccc(C(N)=S)c(NCCCCC(F)(F)F)c1. The maximum absolute atomic E-state index is 12.0. The normalized spacial score (nSPS) is 11.2. The second kappa shape index (κ2) is 7.33. The van der Waals surface area contributed by atoms with E-state index in [1.54, 1.807) is 18.2 Å².